The number of rotatable bonds is 8. The molecule has 5 nitrogen and oxygen atoms in total. The molecule has 32 heavy (non-hydrogen) atoms. The van der Waals surface area contributed by atoms with E-state index < -0.39 is 5.82 Å². The Morgan fingerprint density at radius 2 is 2.00 bits per heavy atom. The van der Waals surface area contributed by atoms with Gasteiger partial charge in [0.15, 0.2) is 11.6 Å². The number of aromatic nitrogens is 1. The lowest BCUT2D eigenvalue weighted by molar-refractivity contribution is 0.0689. The van der Waals surface area contributed by atoms with Crippen LogP contribution in [0.3, 0.4) is 0 Å². The van der Waals surface area contributed by atoms with Gasteiger partial charge in [0.05, 0.1) is 7.11 Å². The van der Waals surface area contributed by atoms with E-state index in [1.165, 1.54) is 25.3 Å². The SMILES string of the molecule is COc1ccc(C(=O)N2CCC(CNCCCc3c[nH]c4ccc(F)cc34)CC2)cc1F. The summed E-state index contributed by atoms with van der Waals surface area (Å²) in [4.78, 5) is 17.7. The number of methoxy groups -OCH3 is 1. The fraction of sp³-hybridized carbons (Fsp3) is 0.400. The van der Waals surface area contributed by atoms with Crippen molar-refractivity contribution in [2.75, 3.05) is 33.3 Å². The predicted octanol–water partition coefficient (Wildman–Crippen LogP) is 4.53. The Morgan fingerprint density at radius 3 is 2.75 bits per heavy atom. The Balaban J connectivity index is 1.17. The van der Waals surface area contributed by atoms with Crippen LogP contribution in [0.2, 0.25) is 0 Å². The average molecular weight is 442 g/mol. The standard InChI is InChI=1S/C25H29F2N3O2/c1-32-24-7-4-18(13-22(24)27)25(31)30-11-8-17(9-12-30)15-28-10-2-3-19-16-29-23-6-5-20(26)14-21(19)23/h4-7,13-14,16-17,28-29H,2-3,8-12,15H2,1H3. The summed E-state index contributed by atoms with van der Waals surface area (Å²) >= 11 is 0. The molecule has 2 N–H and O–H groups in total. The summed E-state index contributed by atoms with van der Waals surface area (Å²) in [7, 11) is 1.40. The highest BCUT2D eigenvalue weighted by Gasteiger charge is 2.24. The molecule has 0 atom stereocenters. The van der Waals surface area contributed by atoms with Crippen molar-refractivity contribution in [1.82, 2.24) is 15.2 Å². The summed E-state index contributed by atoms with van der Waals surface area (Å²) in [6.45, 7) is 3.17. The van der Waals surface area contributed by atoms with Crippen LogP contribution in [0.15, 0.2) is 42.6 Å². The number of H-pyrrole nitrogens is 1. The molecule has 170 valence electrons. The molecule has 0 unspecified atom stereocenters. The number of ether oxygens (including phenoxy) is 1. The second-order valence-electron chi connectivity index (χ2n) is 8.40. The van der Waals surface area contributed by atoms with E-state index in [1.54, 1.807) is 23.1 Å². The van der Waals surface area contributed by atoms with Gasteiger partial charge in [0.25, 0.3) is 5.91 Å². The zero-order valence-electron chi connectivity index (χ0n) is 18.3. The molecule has 4 rings (SSSR count). The molecule has 0 saturated carbocycles. The second-order valence-corrected chi connectivity index (χ2v) is 8.40. The maximum Gasteiger partial charge on any atom is 0.253 e. The number of piperidine rings is 1. The lowest BCUT2D eigenvalue weighted by atomic mass is 9.96. The lowest BCUT2D eigenvalue weighted by Gasteiger charge is -2.32. The summed E-state index contributed by atoms with van der Waals surface area (Å²) < 4.78 is 32.3. The minimum atomic E-state index is -0.518. The van der Waals surface area contributed by atoms with Crippen molar-refractivity contribution in [3.05, 3.63) is 65.4 Å². The number of hydrogen-bond acceptors (Lipinski definition) is 3. The first-order valence-electron chi connectivity index (χ1n) is 11.1. The molecule has 1 aromatic heterocycles. The van der Waals surface area contributed by atoms with Crippen LogP contribution < -0.4 is 10.1 Å². The predicted molar refractivity (Wildman–Crippen MR) is 121 cm³/mol. The Bertz CT molecular complexity index is 1070. The van der Waals surface area contributed by atoms with Crippen LogP contribution in [-0.4, -0.2) is 49.1 Å². The van der Waals surface area contributed by atoms with Gasteiger partial charge in [-0.05, 0) is 86.7 Å². The molecule has 7 heteroatoms. The summed E-state index contributed by atoms with van der Waals surface area (Å²) in [6.07, 6.45) is 5.69. The number of nitrogens with one attached hydrogen (secondary N) is 2. The number of aryl methyl sites for hydroxylation is 1. The van der Waals surface area contributed by atoms with Crippen molar-refractivity contribution < 1.29 is 18.3 Å². The Kier molecular flexibility index (Phi) is 7.05. The van der Waals surface area contributed by atoms with Crippen LogP contribution in [0.5, 0.6) is 5.75 Å². The van der Waals surface area contributed by atoms with E-state index in [0.29, 0.717) is 24.6 Å². The van der Waals surface area contributed by atoms with Gasteiger partial charge in [-0.15, -0.1) is 0 Å². The number of amides is 1. The third-order valence-electron chi connectivity index (χ3n) is 6.26. The van der Waals surface area contributed by atoms with E-state index in [0.717, 1.165) is 55.2 Å². The first-order valence-corrected chi connectivity index (χ1v) is 11.1. The smallest absolute Gasteiger partial charge is 0.253 e. The van der Waals surface area contributed by atoms with E-state index in [2.05, 4.69) is 10.3 Å². The van der Waals surface area contributed by atoms with E-state index in [1.807, 2.05) is 6.20 Å². The van der Waals surface area contributed by atoms with Crippen molar-refractivity contribution in [3.63, 3.8) is 0 Å². The zero-order valence-corrected chi connectivity index (χ0v) is 18.3. The van der Waals surface area contributed by atoms with Crippen LogP contribution in [0, 0.1) is 17.6 Å². The molecular formula is C25H29F2N3O2. The number of carbonyl (C=O) groups excluding carboxylic acids is 1. The Hall–Kier alpha value is -2.93. The fourth-order valence-corrected chi connectivity index (χ4v) is 4.39. The Labute approximate surface area is 186 Å². The van der Waals surface area contributed by atoms with Gasteiger partial charge in [0, 0.05) is 35.8 Å². The zero-order chi connectivity index (χ0) is 22.5. The summed E-state index contributed by atoms with van der Waals surface area (Å²) in [5, 5.41) is 4.48. The molecule has 1 amide bonds. The molecule has 3 aromatic rings. The maximum absolute atomic E-state index is 13.9. The van der Waals surface area contributed by atoms with Gasteiger partial charge in [0.2, 0.25) is 0 Å². The van der Waals surface area contributed by atoms with Crippen molar-refractivity contribution in [2.24, 2.45) is 5.92 Å². The fourth-order valence-electron chi connectivity index (χ4n) is 4.39. The van der Waals surface area contributed by atoms with E-state index in [9.17, 15) is 13.6 Å². The van der Waals surface area contributed by atoms with Crippen LogP contribution >= 0.6 is 0 Å². The van der Waals surface area contributed by atoms with E-state index in [4.69, 9.17) is 4.74 Å². The first-order chi connectivity index (χ1) is 15.5. The molecule has 1 aliphatic heterocycles. The number of benzene rings is 2. The van der Waals surface area contributed by atoms with Gasteiger partial charge in [0.1, 0.15) is 5.82 Å². The summed E-state index contributed by atoms with van der Waals surface area (Å²) in [5.74, 6) is -0.196. The van der Waals surface area contributed by atoms with Gasteiger partial charge in [-0.1, -0.05) is 0 Å². The molecule has 0 radical (unpaired) electrons. The number of aromatic amines is 1. The minimum absolute atomic E-state index is 0.131. The first kappa shape index (κ1) is 22.3. The number of carbonyl (C=O) groups is 1. The van der Waals surface area contributed by atoms with Gasteiger partial charge in [-0.25, -0.2) is 8.78 Å². The van der Waals surface area contributed by atoms with Gasteiger partial charge in [-0.3, -0.25) is 4.79 Å². The van der Waals surface area contributed by atoms with E-state index >= 15 is 0 Å². The van der Waals surface area contributed by atoms with Crippen LogP contribution in [0.25, 0.3) is 10.9 Å². The Morgan fingerprint density at radius 1 is 1.19 bits per heavy atom. The van der Waals surface area contributed by atoms with Gasteiger partial charge in [-0.2, -0.15) is 0 Å². The molecule has 0 bridgehead atoms. The monoisotopic (exact) mass is 441 g/mol. The molecule has 1 saturated heterocycles. The quantitative estimate of drug-likeness (QED) is 0.505. The van der Waals surface area contributed by atoms with E-state index in [-0.39, 0.29) is 17.5 Å². The lowest BCUT2D eigenvalue weighted by Crippen LogP contribution is -2.40. The third-order valence-corrected chi connectivity index (χ3v) is 6.26. The highest BCUT2D eigenvalue weighted by molar-refractivity contribution is 5.94. The normalized spacial score (nSPS) is 14.8. The molecule has 2 heterocycles. The number of halogens is 2. The average Bonchev–Trinajstić information content (AvgIpc) is 3.20. The second kappa shape index (κ2) is 10.1. The van der Waals surface area contributed by atoms with Crippen LogP contribution in [0.4, 0.5) is 8.78 Å². The van der Waals surface area contributed by atoms with Crippen molar-refractivity contribution >= 4 is 16.8 Å². The molecule has 0 spiro atoms. The molecule has 0 aliphatic carbocycles. The summed E-state index contributed by atoms with van der Waals surface area (Å²) in [5.41, 5.74) is 2.47. The minimum Gasteiger partial charge on any atom is -0.494 e. The molecule has 2 aromatic carbocycles. The van der Waals surface area contributed by atoms with Crippen molar-refractivity contribution in [1.29, 1.82) is 0 Å². The van der Waals surface area contributed by atoms with Gasteiger partial charge < -0.3 is 19.9 Å². The topological polar surface area (TPSA) is 57.4 Å². The van der Waals surface area contributed by atoms with Crippen molar-refractivity contribution in [2.45, 2.75) is 25.7 Å². The molecule has 1 fully saturated rings. The maximum atomic E-state index is 13.9. The number of hydrogen-bond donors (Lipinski definition) is 2. The van der Waals surface area contributed by atoms with Gasteiger partial charge >= 0.3 is 0 Å². The van der Waals surface area contributed by atoms with Crippen LogP contribution in [0.1, 0.15) is 35.2 Å². The highest BCUT2D eigenvalue weighted by Crippen LogP contribution is 2.23. The molecular weight excluding hydrogens is 412 g/mol. The van der Waals surface area contributed by atoms with Crippen molar-refractivity contribution in [3.8, 4) is 5.75 Å². The number of likely N-dealkylation sites (tertiary alicyclic amines) is 1. The highest BCUT2D eigenvalue weighted by atomic mass is 19.1. The number of nitrogens with zero attached hydrogens (tertiary/aromatic N) is 1. The van der Waals surface area contributed by atoms with Crippen LogP contribution in [-0.2, 0) is 6.42 Å². The largest absolute Gasteiger partial charge is 0.494 e. The number of fused-ring (bicyclic) bond motifs is 1. The third kappa shape index (κ3) is 5.10. The summed E-state index contributed by atoms with van der Waals surface area (Å²) in [6, 6.07) is 9.18. The molecule has 1 aliphatic rings.